The molecule has 2 aromatic rings. The third-order valence-corrected chi connectivity index (χ3v) is 6.88. The summed E-state index contributed by atoms with van der Waals surface area (Å²) in [5.74, 6) is 0. The van der Waals surface area contributed by atoms with Crippen LogP contribution in [0.15, 0.2) is 36.5 Å². The fraction of sp³-hybridized carbons (Fsp3) is 0.571. The van der Waals surface area contributed by atoms with E-state index in [1.54, 1.807) is 0 Å². The van der Waals surface area contributed by atoms with Gasteiger partial charge >= 0.3 is 0 Å². The van der Waals surface area contributed by atoms with Crippen molar-refractivity contribution in [2.24, 2.45) is 0 Å². The van der Waals surface area contributed by atoms with E-state index >= 15 is 0 Å². The van der Waals surface area contributed by atoms with E-state index < -0.39 is 0 Å². The van der Waals surface area contributed by atoms with Gasteiger partial charge in [-0.2, -0.15) is 0 Å². The second kappa shape index (κ2) is 7.77. The zero-order valence-electron chi connectivity index (χ0n) is 15.9. The Hall–Kier alpha value is -1.27. The van der Waals surface area contributed by atoms with Crippen LogP contribution in [0.5, 0.6) is 0 Å². The summed E-state index contributed by atoms with van der Waals surface area (Å²) in [7, 11) is 2.20. The van der Waals surface area contributed by atoms with Crippen LogP contribution < -0.4 is 0 Å². The predicted octanol–water partition coefficient (Wildman–Crippen LogP) is 3.71. The molecule has 2 fully saturated rings. The van der Waals surface area contributed by atoms with Crippen LogP contribution in [0.25, 0.3) is 0 Å². The van der Waals surface area contributed by atoms with E-state index in [1.165, 1.54) is 9.75 Å². The van der Waals surface area contributed by atoms with Crippen LogP contribution in [-0.2, 0) is 17.8 Å². The number of pyridine rings is 1. The van der Waals surface area contributed by atoms with Crippen LogP contribution in [0.2, 0.25) is 0 Å². The van der Waals surface area contributed by atoms with Crippen molar-refractivity contribution in [3.05, 3.63) is 52.0 Å². The Bertz CT molecular complexity index is 709. The summed E-state index contributed by atoms with van der Waals surface area (Å²) in [6, 6.07) is 11.2. The minimum absolute atomic E-state index is 0.102. The van der Waals surface area contributed by atoms with Crippen LogP contribution in [0.3, 0.4) is 0 Å². The van der Waals surface area contributed by atoms with E-state index in [0.717, 1.165) is 57.7 Å². The molecule has 2 saturated heterocycles. The molecule has 1 unspecified atom stereocenters. The van der Waals surface area contributed by atoms with Gasteiger partial charge in [0.1, 0.15) is 0 Å². The Balaban J connectivity index is 1.28. The highest BCUT2D eigenvalue weighted by atomic mass is 32.1. The van der Waals surface area contributed by atoms with Crippen molar-refractivity contribution >= 4 is 11.3 Å². The van der Waals surface area contributed by atoms with Crippen molar-refractivity contribution in [2.75, 3.05) is 26.7 Å². The molecule has 0 bridgehead atoms. The van der Waals surface area contributed by atoms with Gasteiger partial charge < -0.3 is 4.74 Å². The van der Waals surface area contributed by atoms with E-state index in [9.17, 15) is 0 Å². The molecule has 0 N–H and O–H groups in total. The summed E-state index contributed by atoms with van der Waals surface area (Å²) in [6.07, 6.45) is 5.35. The van der Waals surface area contributed by atoms with E-state index in [0.29, 0.717) is 6.04 Å². The van der Waals surface area contributed by atoms with Gasteiger partial charge in [0.2, 0.25) is 0 Å². The van der Waals surface area contributed by atoms with E-state index in [1.807, 2.05) is 23.6 Å². The molecule has 0 aliphatic carbocycles. The first-order valence-electron chi connectivity index (χ1n) is 9.64. The van der Waals surface area contributed by atoms with Crippen LogP contribution in [-0.4, -0.2) is 53.2 Å². The minimum Gasteiger partial charge on any atom is -0.373 e. The van der Waals surface area contributed by atoms with E-state index in [2.05, 4.69) is 53.0 Å². The summed E-state index contributed by atoms with van der Waals surface area (Å²) in [4.78, 5) is 12.4. The van der Waals surface area contributed by atoms with Crippen molar-refractivity contribution < 1.29 is 4.74 Å². The Labute approximate surface area is 160 Å². The molecule has 5 heteroatoms. The maximum atomic E-state index is 6.37. The average molecular weight is 372 g/mol. The lowest BCUT2D eigenvalue weighted by Crippen LogP contribution is -2.44. The van der Waals surface area contributed by atoms with Gasteiger partial charge in [-0.3, -0.25) is 14.8 Å². The van der Waals surface area contributed by atoms with Gasteiger partial charge in [-0.25, -0.2) is 0 Å². The smallest absolute Gasteiger partial charge is 0.0723 e. The molecule has 4 rings (SSSR count). The van der Waals surface area contributed by atoms with Gasteiger partial charge in [0.25, 0.3) is 0 Å². The normalized spacial score (nSPS) is 23.1. The van der Waals surface area contributed by atoms with Gasteiger partial charge in [0, 0.05) is 48.2 Å². The molecule has 2 aliphatic rings. The van der Waals surface area contributed by atoms with Crippen molar-refractivity contribution in [3.8, 4) is 0 Å². The van der Waals surface area contributed by atoms with Crippen LogP contribution in [0.4, 0.5) is 0 Å². The van der Waals surface area contributed by atoms with Gasteiger partial charge in [-0.15, -0.1) is 11.3 Å². The highest BCUT2D eigenvalue weighted by Crippen LogP contribution is 2.38. The highest BCUT2D eigenvalue weighted by Gasteiger charge is 2.43. The lowest BCUT2D eigenvalue weighted by molar-refractivity contribution is -0.0451. The zero-order chi connectivity index (χ0) is 18.0. The summed E-state index contributed by atoms with van der Waals surface area (Å²) in [5.41, 5.74) is 1.24. The number of thiophene rings is 1. The second-order valence-electron chi connectivity index (χ2n) is 7.88. The average Bonchev–Trinajstić information content (AvgIpc) is 3.25. The minimum atomic E-state index is 0.102. The van der Waals surface area contributed by atoms with Gasteiger partial charge in [-0.1, -0.05) is 6.07 Å². The molecular formula is C21H29N3OS. The van der Waals surface area contributed by atoms with Gasteiger partial charge in [0.15, 0.2) is 0 Å². The standard InChI is InChI=1S/C21H29N3OS/c1-17-6-7-20(26-17)15-24-11-8-21(9-12-24)13-19(16-25-21)23(2)14-18-5-3-4-10-22-18/h3-7,10,19H,8-9,11-16H2,1-2H3. The van der Waals surface area contributed by atoms with Crippen molar-refractivity contribution in [1.29, 1.82) is 0 Å². The molecule has 0 saturated carbocycles. The third kappa shape index (κ3) is 4.17. The van der Waals surface area contributed by atoms with Crippen LogP contribution >= 0.6 is 11.3 Å². The summed E-state index contributed by atoms with van der Waals surface area (Å²) >= 11 is 1.92. The van der Waals surface area contributed by atoms with Crippen LogP contribution in [0, 0.1) is 6.92 Å². The molecule has 1 atom stereocenters. The number of likely N-dealkylation sites (N-methyl/N-ethyl adjacent to an activating group) is 1. The maximum Gasteiger partial charge on any atom is 0.0723 e. The third-order valence-electron chi connectivity index (χ3n) is 5.89. The number of hydrogen-bond acceptors (Lipinski definition) is 5. The lowest BCUT2D eigenvalue weighted by Gasteiger charge is -2.38. The molecule has 2 aliphatic heterocycles. The zero-order valence-corrected chi connectivity index (χ0v) is 16.7. The number of likely N-dealkylation sites (tertiary alicyclic amines) is 1. The van der Waals surface area contributed by atoms with E-state index in [4.69, 9.17) is 4.74 Å². The Morgan fingerprint density at radius 2 is 2.12 bits per heavy atom. The number of hydrogen-bond donors (Lipinski definition) is 0. The summed E-state index contributed by atoms with van der Waals surface area (Å²) in [6.45, 7) is 7.33. The fourth-order valence-electron chi connectivity index (χ4n) is 4.24. The number of ether oxygens (including phenoxy) is 1. The molecule has 0 amide bonds. The molecule has 1 spiro atoms. The van der Waals surface area contributed by atoms with Crippen molar-refractivity contribution in [2.45, 2.75) is 50.9 Å². The number of piperidine rings is 1. The first kappa shape index (κ1) is 18.1. The molecular weight excluding hydrogens is 342 g/mol. The highest BCUT2D eigenvalue weighted by molar-refractivity contribution is 7.11. The molecule has 4 heterocycles. The molecule has 4 nitrogen and oxygen atoms in total. The SMILES string of the molecule is Cc1ccc(CN2CCC3(CC2)CC(N(C)Cc2ccccn2)CO3)s1. The van der Waals surface area contributed by atoms with E-state index in [-0.39, 0.29) is 5.60 Å². The number of aromatic nitrogens is 1. The first-order valence-corrected chi connectivity index (χ1v) is 10.5. The quantitative estimate of drug-likeness (QED) is 0.801. The maximum absolute atomic E-state index is 6.37. The van der Waals surface area contributed by atoms with Crippen molar-refractivity contribution in [1.82, 2.24) is 14.8 Å². The molecule has 0 aromatic carbocycles. The topological polar surface area (TPSA) is 28.6 Å². The molecule has 0 radical (unpaired) electrons. The summed E-state index contributed by atoms with van der Waals surface area (Å²) in [5, 5.41) is 0. The Morgan fingerprint density at radius 1 is 1.27 bits per heavy atom. The van der Waals surface area contributed by atoms with Gasteiger partial charge in [-0.05, 0) is 57.5 Å². The number of aryl methyl sites for hydroxylation is 1. The molecule has 26 heavy (non-hydrogen) atoms. The number of nitrogens with zero attached hydrogens (tertiary/aromatic N) is 3. The van der Waals surface area contributed by atoms with Crippen molar-refractivity contribution in [3.63, 3.8) is 0 Å². The van der Waals surface area contributed by atoms with Gasteiger partial charge in [0.05, 0.1) is 17.9 Å². The molecule has 2 aromatic heterocycles. The predicted molar refractivity (Wildman–Crippen MR) is 106 cm³/mol. The second-order valence-corrected chi connectivity index (χ2v) is 9.25. The number of rotatable bonds is 5. The van der Waals surface area contributed by atoms with Crippen LogP contribution in [0.1, 0.15) is 34.7 Å². The monoisotopic (exact) mass is 371 g/mol. The largest absolute Gasteiger partial charge is 0.373 e. The first-order chi connectivity index (χ1) is 12.6. The summed E-state index contributed by atoms with van der Waals surface area (Å²) < 4.78 is 6.37. The Morgan fingerprint density at radius 3 is 2.81 bits per heavy atom. The molecule has 140 valence electrons. The fourth-order valence-corrected chi connectivity index (χ4v) is 5.17. The Kier molecular flexibility index (Phi) is 5.41. The lowest BCUT2D eigenvalue weighted by atomic mass is 9.87.